The Morgan fingerprint density at radius 2 is 1.71 bits per heavy atom. The van der Waals surface area contributed by atoms with E-state index in [0.29, 0.717) is 29.2 Å². The van der Waals surface area contributed by atoms with E-state index in [0.717, 1.165) is 0 Å². The van der Waals surface area contributed by atoms with Crippen LogP contribution >= 0.6 is 0 Å². The molecule has 0 fully saturated rings. The number of carbonyl (C=O) groups excluding carboxylic acids is 2. The van der Waals surface area contributed by atoms with Crippen LogP contribution in [0, 0.1) is 0 Å². The van der Waals surface area contributed by atoms with Crippen LogP contribution in [0.15, 0.2) is 48.5 Å². The fraction of sp³-hybridized carbons (Fsp3) is 0.222. The molecule has 0 bridgehead atoms. The van der Waals surface area contributed by atoms with Crippen LogP contribution in [0.3, 0.4) is 0 Å². The van der Waals surface area contributed by atoms with Crippen LogP contribution in [0.2, 0.25) is 0 Å². The molecule has 24 heavy (non-hydrogen) atoms. The Morgan fingerprint density at radius 3 is 2.25 bits per heavy atom. The molecule has 0 aliphatic rings. The first-order valence-corrected chi connectivity index (χ1v) is 7.55. The van der Waals surface area contributed by atoms with Crippen LogP contribution in [0.1, 0.15) is 23.7 Å². The fourth-order valence-corrected chi connectivity index (χ4v) is 2.13. The second kappa shape index (κ2) is 8.01. The van der Waals surface area contributed by atoms with Gasteiger partial charge in [-0.2, -0.15) is 0 Å². The summed E-state index contributed by atoms with van der Waals surface area (Å²) < 4.78 is 11.0. The van der Waals surface area contributed by atoms with Crippen LogP contribution in [0.5, 0.6) is 11.5 Å². The lowest BCUT2D eigenvalue weighted by Gasteiger charge is -2.18. The number of hydrogen-bond donors (Lipinski definition) is 2. The van der Waals surface area contributed by atoms with Gasteiger partial charge in [-0.25, -0.2) is 0 Å². The second-order valence-electron chi connectivity index (χ2n) is 5.10. The Balaban J connectivity index is 2.07. The number of para-hydroxylation sites is 2. The highest BCUT2D eigenvalue weighted by Crippen LogP contribution is 2.27. The third kappa shape index (κ3) is 4.25. The zero-order valence-corrected chi connectivity index (χ0v) is 13.6. The van der Waals surface area contributed by atoms with E-state index in [1.807, 2.05) is 19.1 Å². The van der Waals surface area contributed by atoms with Gasteiger partial charge in [0.25, 0.3) is 5.91 Å². The quantitative estimate of drug-likeness (QED) is 0.817. The van der Waals surface area contributed by atoms with Gasteiger partial charge in [0, 0.05) is 11.3 Å². The Kier molecular flexibility index (Phi) is 5.78. The summed E-state index contributed by atoms with van der Waals surface area (Å²) in [7, 11) is 1.55. The Bertz CT molecular complexity index is 713. The van der Waals surface area contributed by atoms with Gasteiger partial charge in [-0.3, -0.25) is 9.59 Å². The molecule has 3 N–H and O–H groups in total. The lowest BCUT2D eigenvalue weighted by Crippen LogP contribution is -2.32. The summed E-state index contributed by atoms with van der Waals surface area (Å²) in [5, 5.41) is 2.76. The monoisotopic (exact) mass is 328 g/mol. The van der Waals surface area contributed by atoms with Crippen LogP contribution in [0.4, 0.5) is 5.69 Å². The van der Waals surface area contributed by atoms with Crippen molar-refractivity contribution >= 4 is 17.5 Å². The standard InChI is InChI=1S/C18H20N2O4/c1-3-14(24-16-7-5-4-6-15(16)23-2)18(22)20-13-10-8-12(9-11-13)17(19)21/h4-11,14H,3H2,1-2H3,(H2,19,21)(H,20,22). The van der Waals surface area contributed by atoms with Crippen molar-refractivity contribution in [2.24, 2.45) is 5.73 Å². The maximum absolute atomic E-state index is 12.4. The lowest BCUT2D eigenvalue weighted by atomic mass is 10.2. The molecule has 6 heteroatoms. The molecule has 0 heterocycles. The maximum atomic E-state index is 12.4. The number of nitrogens with one attached hydrogen (secondary N) is 1. The Labute approximate surface area is 140 Å². The minimum absolute atomic E-state index is 0.282. The van der Waals surface area contributed by atoms with Crippen LogP contribution in [0.25, 0.3) is 0 Å². The summed E-state index contributed by atoms with van der Waals surface area (Å²) in [6.07, 6.45) is -0.180. The van der Waals surface area contributed by atoms with Gasteiger partial charge in [0.05, 0.1) is 7.11 Å². The number of carbonyl (C=O) groups is 2. The van der Waals surface area contributed by atoms with Crippen molar-refractivity contribution in [1.29, 1.82) is 0 Å². The molecular formula is C18H20N2O4. The normalized spacial score (nSPS) is 11.4. The third-order valence-electron chi connectivity index (χ3n) is 3.44. The Morgan fingerprint density at radius 1 is 1.08 bits per heavy atom. The van der Waals surface area contributed by atoms with Gasteiger partial charge in [-0.1, -0.05) is 19.1 Å². The number of ether oxygens (including phenoxy) is 2. The fourth-order valence-electron chi connectivity index (χ4n) is 2.13. The van der Waals surface area contributed by atoms with Crippen molar-refractivity contribution in [2.75, 3.05) is 12.4 Å². The van der Waals surface area contributed by atoms with E-state index in [1.165, 1.54) is 0 Å². The second-order valence-corrected chi connectivity index (χ2v) is 5.10. The number of nitrogens with two attached hydrogens (primary N) is 1. The average molecular weight is 328 g/mol. The molecule has 0 saturated carbocycles. The highest BCUT2D eigenvalue weighted by molar-refractivity contribution is 5.96. The van der Waals surface area contributed by atoms with Crippen molar-refractivity contribution in [3.63, 3.8) is 0 Å². The van der Waals surface area contributed by atoms with E-state index in [9.17, 15) is 9.59 Å². The summed E-state index contributed by atoms with van der Waals surface area (Å²) in [5.41, 5.74) is 6.13. The molecule has 0 aliphatic carbocycles. The van der Waals surface area contributed by atoms with E-state index in [-0.39, 0.29) is 5.91 Å². The molecule has 0 aliphatic heterocycles. The first-order valence-electron chi connectivity index (χ1n) is 7.55. The van der Waals surface area contributed by atoms with E-state index < -0.39 is 12.0 Å². The molecule has 6 nitrogen and oxygen atoms in total. The molecule has 0 radical (unpaired) electrons. The molecule has 2 rings (SSSR count). The number of anilines is 1. The minimum Gasteiger partial charge on any atom is -0.493 e. The van der Waals surface area contributed by atoms with Crippen LogP contribution in [-0.2, 0) is 4.79 Å². The molecule has 1 unspecified atom stereocenters. The maximum Gasteiger partial charge on any atom is 0.265 e. The SMILES string of the molecule is CCC(Oc1ccccc1OC)C(=O)Nc1ccc(C(N)=O)cc1. The van der Waals surface area contributed by atoms with E-state index in [2.05, 4.69) is 5.32 Å². The zero-order valence-electron chi connectivity index (χ0n) is 13.6. The summed E-state index contributed by atoms with van der Waals surface area (Å²) in [5.74, 6) is 0.273. The lowest BCUT2D eigenvalue weighted by molar-refractivity contribution is -0.122. The first kappa shape index (κ1) is 17.3. The molecular weight excluding hydrogens is 308 g/mol. The zero-order chi connectivity index (χ0) is 17.5. The first-order chi connectivity index (χ1) is 11.5. The topological polar surface area (TPSA) is 90.7 Å². The predicted octanol–water partition coefficient (Wildman–Crippen LogP) is 2.59. The number of methoxy groups -OCH3 is 1. The number of benzene rings is 2. The minimum atomic E-state index is -0.669. The molecule has 0 spiro atoms. The molecule has 2 amide bonds. The number of rotatable bonds is 7. The highest BCUT2D eigenvalue weighted by atomic mass is 16.5. The molecule has 126 valence electrons. The van der Waals surface area contributed by atoms with Crippen LogP contribution in [-0.4, -0.2) is 25.0 Å². The molecule has 0 saturated heterocycles. The van der Waals surface area contributed by atoms with Crippen molar-refractivity contribution in [3.05, 3.63) is 54.1 Å². The number of hydrogen-bond acceptors (Lipinski definition) is 4. The van der Waals surface area contributed by atoms with E-state index in [4.69, 9.17) is 15.2 Å². The largest absolute Gasteiger partial charge is 0.493 e. The predicted molar refractivity (Wildman–Crippen MR) is 91.3 cm³/mol. The van der Waals surface area contributed by atoms with E-state index >= 15 is 0 Å². The Hall–Kier alpha value is -3.02. The molecule has 0 aromatic heterocycles. The average Bonchev–Trinajstić information content (AvgIpc) is 2.60. The van der Waals surface area contributed by atoms with Gasteiger partial charge in [0.2, 0.25) is 5.91 Å². The number of primary amides is 1. The van der Waals surface area contributed by atoms with Crippen molar-refractivity contribution in [1.82, 2.24) is 0 Å². The highest BCUT2D eigenvalue weighted by Gasteiger charge is 2.20. The van der Waals surface area contributed by atoms with Crippen LogP contribution < -0.4 is 20.5 Å². The van der Waals surface area contributed by atoms with Gasteiger partial charge in [0.1, 0.15) is 0 Å². The molecule has 1 atom stereocenters. The van der Waals surface area contributed by atoms with Gasteiger partial charge in [0.15, 0.2) is 17.6 Å². The van der Waals surface area contributed by atoms with Gasteiger partial charge < -0.3 is 20.5 Å². The summed E-state index contributed by atoms with van der Waals surface area (Å²) in [6, 6.07) is 13.5. The molecule has 2 aromatic rings. The van der Waals surface area contributed by atoms with Gasteiger partial charge in [-0.05, 0) is 42.8 Å². The van der Waals surface area contributed by atoms with E-state index in [1.54, 1.807) is 43.5 Å². The molecule has 2 aromatic carbocycles. The summed E-state index contributed by atoms with van der Waals surface area (Å²) in [4.78, 5) is 23.5. The van der Waals surface area contributed by atoms with Crippen molar-refractivity contribution in [2.45, 2.75) is 19.4 Å². The van der Waals surface area contributed by atoms with Gasteiger partial charge in [-0.15, -0.1) is 0 Å². The summed E-state index contributed by atoms with van der Waals surface area (Å²) in [6.45, 7) is 1.86. The summed E-state index contributed by atoms with van der Waals surface area (Å²) >= 11 is 0. The smallest absolute Gasteiger partial charge is 0.265 e. The number of amides is 2. The third-order valence-corrected chi connectivity index (χ3v) is 3.44. The van der Waals surface area contributed by atoms with Crippen molar-refractivity contribution < 1.29 is 19.1 Å². The van der Waals surface area contributed by atoms with Crippen molar-refractivity contribution in [3.8, 4) is 11.5 Å². The van der Waals surface area contributed by atoms with Gasteiger partial charge >= 0.3 is 0 Å².